The average molecular weight is 328 g/mol. The molecule has 2 aromatic rings. The van der Waals surface area contributed by atoms with E-state index < -0.39 is 5.97 Å². The number of ether oxygens (including phenoxy) is 1. The first-order valence-electron chi connectivity index (χ1n) is 8.13. The zero-order valence-corrected chi connectivity index (χ0v) is 14.2. The number of carboxylic acid groups (broad SMARTS) is 1. The number of aromatic carboxylic acids is 1. The molecule has 0 spiro atoms. The lowest BCUT2D eigenvalue weighted by Gasteiger charge is -2.02. The van der Waals surface area contributed by atoms with E-state index in [1.807, 2.05) is 44.2 Å². The quantitative estimate of drug-likeness (QED) is 0.788. The first kappa shape index (κ1) is 19.4. The highest BCUT2D eigenvalue weighted by molar-refractivity contribution is 5.89. The van der Waals surface area contributed by atoms with Crippen molar-refractivity contribution in [3.05, 3.63) is 71.3 Å². The molecule has 0 atom stereocenters. The van der Waals surface area contributed by atoms with E-state index in [9.17, 15) is 9.59 Å². The first-order valence-corrected chi connectivity index (χ1v) is 8.13. The summed E-state index contributed by atoms with van der Waals surface area (Å²) >= 11 is 0. The van der Waals surface area contributed by atoms with Crippen LogP contribution in [0.5, 0.6) is 0 Å². The normalized spacial score (nSPS) is 9.58. The maximum Gasteiger partial charge on any atom is 0.338 e. The molecule has 0 saturated carbocycles. The van der Waals surface area contributed by atoms with Crippen LogP contribution in [0.1, 0.15) is 53.0 Å². The van der Waals surface area contributed by atoms with E-state index in [1.54, 1.807) is 24.3 Å². The molecule has 0 radical (unpaired) electrons. The van der Waals surface area contributed by atoms with Crippen LogP contribution in [0.2, 0.25) is 0 Å². The lowest BCUT2D eigenvalue weighted by molar-refractivity contribution is 0.0504. The van der Waals surface area contributed by atoms with Crippen LogP contribution in [-0.2, 0) is 11.2 Å². The molecule has 0 fully saturated rings. The number of carboxylic acids is 1. The van der Waals surface area contributed by atoms with Crippen LogP contribution in [0.25, 0.3) is 0 Å². The summed E-state index contributed by atoms with van der Waals surface area (Å²) in [6.45, 7) is 4.50. The Morgan fingerprint density at radius 1 is 0.917 bits per heavy atom. The molecule has 0 aliphatic rings. The minimum atomic E-state index is -0.834. The fraction of sp³-hybridized carbons (Fsp3) is 0.300. The summed E-state index contributed by atoms with van der Waals surface area (Å²) in [7, 11) is 0. The van der Waals surface area contributed by atoms with E-state index in [4.69, 9.17) is 9.84 Å². The van der Waals surface area contributed by atoms with Gasteiger partial charge in [0, 0.05) is 0 Å². The number of carbonyl (C=O) groups excluding carboxylic acids is 1. The fourth-order valence-electron chi connectivity index (χ4n) is 2.07. The average Bonchev–Trinajstić information content (AvgIpc) is 2.61. The highest BCUT2D eigenvalue weighted by atomic mass is 16.5. The third kappa shape index (κ3) is 6.65. The Morgan fingerprint density at radius 3 is 2.12 bits per heavy atom. The molecule has 0 bridgehead atoms. The number of rotatable bonds is 6. The Kier molecular flexibility index (Phi) is 8.90. The van der Waals surface area contributed by atoms with E-state index in [0.717, 1.165) is 24.8 Å². The highest BCUT2D eigenvalue weighted by Crippen LogP contribution is 2.10. The van der Waals surface area contributed by atoms with Crippen molar-refractivity contribution in [1.29, 1.82) is 0 Å². The summed E-state index contributed by atoms with van der Waals surface area (Å²) in [5, 5.41) is 8.79. The third-order valence-electron chi connectivity index (χ3n) is 3.21. The molecular weight excluding hydrogens is 304 g/mol. The van der Waals surface area contributed by atoms with Gasteiger partial charge in [0.2, 0.25) is 0 Å². The van der Waals surface area contributed by atoms with Gasteiger partial charge in [0.1, 0.15) is 0 Å². The van der Waals surface area contributed by atoms with Gasteiger partial charge in [0.15, 0.2) is 0 Å². The Balaban J connectivity index is 0.000000240. The van der Waals surface area contributed by atoms with Gasteiger partial charge in [-0.25, -0.2) is 9.59 Å². The van der Waals surface area contributed by atoms with E-state index in [2.05, 4.69) is 0 Å². The maximum atomic E-state index is 11.2. The van der Waals surface area contributed by atoms with Crippen molar-refractivity contribution in [3.63, 3.8) is 0 Å². The number of benzene rings is 2. The number of aryl methyl sites for hydroxylation is 1. The summed E-state index contributed by atoms with van der Waals surface area (Å²) in [6.07, 6.45) is 2.67. The Morgan fingerprint density at radius 2 is 1.54 bits per heavy atom. The van der Waals surface area contributed by atoms with Crippen molar-refractivity contribution >= 4 is 11.9 Å². The summed E-state index contributed by atoms with van der Waals surface area (Å²) in [6, 6.07) is 16.2. The lowest BCUT2D eigenvalue weighted by atomic mass is 10.0. The molecule has 128 valence electrons. The van der Waals surface area contributed by atoms with Crippen LogP contribution in [0.4, 0.5) is 0 Å². The second kappa shape index (κ2) is 11.0. The van der Waals surface area contributed by atoms with Crippen molar-refractivity contribution in [2.24, 2.45) is 0 Å². The monoisotopic (exact) mass is 328 g/mol. The van der Waals surface area contributed by atoms with Crippen LogP contribution in [0.15, 0.2) is 54.6 Å². The molecule has 0 amide bonds. The van der Waals surface area contributed by atoms with Crippen LogP contribution in [0, 0.1) is 0 Å². The van der Waals surface area contributed by atoms with Gasteiger partial charge in [-0.2, -0.15) is 0 Å². The molecule has 0 aromatic heterocycles. The molecule has 4 nitrogen and oxygen atoms in total. The second-order valence-corrected chi connectivity index (χ2v) is 5.21. The zero-order valence-electron chi connectivity index (χ0n) is 14.2. The highest BCUT2D eigenvalue weighted by Gasteiger charge is 2.06. The van der Waals surface area contributed by atoms with Gasteiger partial charge in [-0.1, -0.05) is 56.7 Å². The van der Waals surface area contributed by atoms with Crippen molar-refractivity contribution < 1.29 is 19.4 Å². The van der Waals surface area contributed by atoms with Crippen molar-refractivity contribution in [2.75, 3.05) is 6.61 Å². The molecule has 24 heavy (non-hydrogen) atoms. The maximum absolute atomic E-state index is 11.2. The minimum absolute atomic E-state index is 0.238. The van der Waals surface area contributed by atoms with Crippen molar-refractivity contribution in [1.82, 2.24) is 0 Å². The molecule has 0 unspecified atom stereocenters. The standard InChI is InChI=1S/2C10H12O2/c1-2-8-12-10(11)9-6-4-3-5-7-9;1-2-5-8-6-3-4-7-9(8)10(11)12/h3-7H,2,8H2,1H3;3-4,6-7H,2,5H2,1H3,(H,11,12). The molecule has 0 heterocycles. The molecule has 0 aliphatic heterocycles. The van der Waals surface area contributed by atoms with Crippen LogP contribution in [0.3, 0.4) is 0 Å². The van der Waals surface area contributed by atoms with Gasteiger partial charge in [-0.05, 0) is 36.6 Å². The summed E-state index contributed by atoms with van der Waals surface area (Å²) in [5.41, 5.74) is 1.97. The Labute approximate surface area is 143 Å². The summed E-state index contributed by atoms with van der Waals surface area (Å²) in [5.74, 6) is -1.07. The molecule has 0 aliphatic carbocycles. The topological polar surface area (TPSA) is 63.6 Å². The number of esters is 1. The number of hydrogen-bond acceptors (Lipinski definition) is 3. The molecular formula is C20H24O4. The third-order valence-corrected chi connectivity index (χ3v) is 3.21. The largest absolute Gasteiger partial charge is 0.478 e. The first-order chi connectivity index (χ1) is 11.6. The van der Waals surface area contributed by atoms with Crippen molar-refractivity contribution in [3.8, 4) is 0 Å². The molecule has 2 aromatic carbocycles. The lowest BCUT2D eigenvalue weighted by Crippen LogP contribution is -2.05. The van der Waals surface area contributed by atoms with Crippen LogP contribution in [-0.4, -0.2) is 23.7 Å². The number of hydrogen-bond donors (Lipinski definition) is 1. The van der Waals surface area contributed by atoms with Gasteiger partial charge < -0.3 is 9.84 Å². The van der Waals surface area contributed by atoms with E-state index in [-0.39, 0.29) is 5.97 Å². The van der Waals surface area contributed by atoms with E-state index in [0.29, 0.717) is 17.7 Å². The minimum Gasteiger partial charge on any atom is -0.478 e. The predicted octanol–water partition coefficient (Wildman–Crippen LogP) is 4.59. The smallest absolute Gasteiger partial charge is 0.338 e. The SMILES string of the molecule is CCCOC(=O)c1ccccc1.CCCc1ccccc1C(=O)O. The summed E-state index contributed by atoms with van der Waals surface area (Å²) in [4.78, 5) is 21.9. The van der Waals surface area contributed by atoms with E-state index in [1.165, 1.54) is 0 Å². The summed E-state index contributed by atoms with van der Waals surface area (Å²) < 4.78 is 4.94. The Bertz CT molecular complexity index is 635. The Hall–Kier alpha value is -2.62. The van der Waals surface area contributed by atoms with Gasteiger partial charge >= 0.3 is 11.9 Å². The molecule has 1 N–H and O–H groups in total. The molecule has 4 heteroatoms. The van der Waals surface area contributed by atoms with Gasteiger partial charge in [0.25, 0.3) is 0 Å². The van der Waals surface area contributed by atoms with Gasteiger partial charge in [-0.3, -0.25) is 0 Å². The molecule has 0 saturated heterocycles. The fourth-order valence-corrected chi connectivity index (χ4v) is 2.07. The van der Waals surface area contributed by atoms with Crippen LogP contribution < -0.4 is 0 Å². The van der Waals surface area contributed by atoms with E-state index >= 15 is 0 Å². The second-order valence-electron chi connectivity index (χ2n) is 5.21. The van der Waals surface area contributed by atoms with Crippen molar-refractivity contribution in [2.45, 2.75) is 33.1 Å². The van der Waals surface area contributed by atoms with Gasteiger partial charge in [-0.15, -0.1) is 0 Å². The zero-order chi connectivity index (χ0) is 17.8. The van der Waals surface area contributed by atoms with Gasteiger partial charge in [0.05, 0.1) is 17.7 Å². The van der Waals surface area contributed by atoms with Crippen LogP contribution >= 0.6 is 0 Å². The predicted molar refractivity (Wildman–Crippen MR) is 94.4 cm³/mol. The number of carbonyl (C=O) groups is 2. The molecule has 2 rings (SSSR count).